The molecule has 0 saturated heterocycles. The monoisotopic (exact) mass is 260 g/mol. The molecule has 1 N–H and O–H groups in total. The number of hydrogen-bond acceptors (Lipinski definition) is 3. The van der Waals surface area contributed by atoms with Gasteiger partial charge in [0.05, 0.1) is 5.02 Å². The van der Waals surface area contributed by atoms with Crippen molar-refractivity contribution in [3.05, 3.63) is 51.4 Å². The lowest BCUT2D eigenvalue weighted by Gasteiger charge is -2.01. The van der Waals surface area contributed by atoms with Crippen LogP contribution in [0.5, 0.6) is 0 Å². The molecular formula is C12H9ClN4O. The molecular weight excluding hydrogens is 252 g/mol. The molecule has 0 atom stereocenters. The second-order valence-corrected chi connectivity index (χ2v) is 4.33. The molecule has 18 heavy (non-hydrogen) atoms. The molecule has 0 bridgehead atoms. The Labute approximate surface area is 107 Å². The second-order valence-electron chi connectivity index (χ2n) is 3.92. The number of halogens is 1. The van der Waals surface area contributed by atoms with Crippen molar-refractivity contribution in [2.24, 2.45) is 0 Å². The number of nitrogens with one attached hydrogen (secondary N) is 1. The predicted molar refractivity (Wildman–Crippen MR) is 68.8 cm³/mol. The highest BCUT2D eigenvalue weighted by Gasteiger charge is 2.13. The zero-order chi connectivity index (χ0) is 12.7. The fourth-order valence-electron chi connectivity index (χ4n) is 1.85. The molecule has 0 aliphatic heterocycles. The van der Waals surface area contributed by atoms with E-state index in [4.69, 9.17) is 11.6 Å². The van der Waals surface area contributed by atoms with Crippen LogP contribution in [-0.2, 0) is 0 Å². The van der Waals surface area contributed by atoms with Gasteiger partial charge in [-0.2, -0.15) is 5.10 Å². The van der Waals surface area contributed by atoms with Crippen LogP contribution in [0.4, 0.5) is 0 Å². The van der Waals surface area contributed by atoms with Gasteiger partial charge in [-0.1, -0.05) is 23.7 Å². The summed E-state index contributed by atoms with van der Waals surface area (Å²) in [5, 5.41) is 7.40. The second kappa shape index (κ2) is 3.96. The van der Waals surface area contributed by atoms with Gasteiger partial charge in [-0.05, 0) is 19.1 Å². The molecule has 1 aromatic carbocycles. The zero-order valence-electron chi connectivity index (χ0n) is 9.51. The van der Waals surface area contributed by atoms with Crippen molar-refractivity contribution in [3.8, 4) is 11.4 Å². The van der Waals surface area contributed by atoms with Crippen molar-refractivity contribution >= 4 is 17.4 Å². The van der Waals surface area contributed by atoms with Crippen LogP contribution in [0.2, 0.25) is 5.02 Å². The third kappa shape index (κ3) is 1.60. The predicted octanol–water partition coefficient (Wildman–Crippen LogP) is 2.05. The van der Waals surface area contributed by atoms with Gasteiger partial charge >= 0.3 is 0 Å². The third-order valence-electron chi connectivity index (χ3n) is 2.64. The third-order valence-corrected chi connectivity index (χ3v) is 2.96. The minimum atomic E-state index is -0.179. The number of nitrogens with zero attached hydrogens (tertiary/aromatic N) is 3. The van der Waals surface area contributed by atoms with Crippen LogP contribution in [0.15, 0.2) is 35.1 Å². The van der Waals surface area contributed by atoms with Crippen molar-refractivity contribution in [2.45, 2.75) is 6.92 Å². The van der Waals surface area contributed by atoms with E-state index < -0.39 is 0 Å². The van der Waals surface area contributed by atoms with E-state index in [1.165, 1.54) is 10.5 Å². The van der Waals surface area contributed by atoms with Gasteiger partial charge in [-0.25, -0.2) is 14.5 Å². The van der Waals surface area contributed by atoms with E-state index in [9.17, 15) is 4.79 Å². The van der Waals surface area contributed by atoms with Gasteiger partial charge in [0.25, 0.3) is 5.56 Å². The first-order chi connectivity index (χ1) is 8.66. The van der Waals surface area contributed by atoms with Crippen molar-refractivity contribution in [2.75, 3.05) is 0 Å². The van der Waals surface area contributed by atoms with E-state index in [0.717, 1.165) is 0 Å². The maximum Gasteiger partial charge on any atom is 0.261 e. The maximum atomic E-state index is 12.0. The van der Waals surface area contributed by atoms with Crippen molar-refractivity contribution in [1.29, 1.82) is 0 Å². The summed E-state index contributed by atoms with van der Waals surface area (Å²) in [6.07, 6.45) is 0. The van der Waals surface area contributed by atoms with Gasteiger partial charge in [-0.3, -0.25) is 4.79 Å². The van der Waals surface area contributed by atoms with Crippen LogP contribution in [0.1, 0.15) is 5.69 Å². The summed E-state index contributed by atoms with van der Waals surface area (Å²) in [7, 11) is 0. The molecule has 90 valence electrons. The van der Waals surface area contributed by atoms with Gasteiger partial charge in [0, 0.05) is 17.3 Å². The summed E-state index contributed by atoms with van der Waals surface area (Å²) in [5.41, 5.74) is 1.16. The molecule has 0 saturated carbocycles. The number of aromatic amines is 1. The highest BCUT2D eigenvalue weighted by atomic mass is 35.5. The molecule has 0 radical (unpaired) electrons. The molecule has 3 aromatic rings. The Bertz CT molecular complexity index is 790. The van der Waals surface area contributed by atoms with Crippen LogP contribution >= 0.6 is 11.6 Å². The normalized spacial score (nSPS) is 11.0. The number of benzene rings is 1. The van der Waals surface area contributed by atoms with Crippen molar-refractivity contribution < 1.29 is 0 Å². The molecule has 0 spiro atoms. The lowest BCUT2D eigenvalue weighted by Crippen LogP contribution is -2.14. The Morgan fingerprint density at radius 3 is 2.89 bits per heavy atom. The summed E-state index contributed by atoms with van der Waals surface area (Å²) >= 11 is 6.11. The van der Waals surface area contributed by atoms with Gasteiger partial charge in [0.1, 0.15) is 0 Å². The number of rotatable bonds is 1. The number of fused-ring (bicyclic) bond motifs is 1. The molecule has 0 aliphatic carbocycles. The lowest BCUT2D eigenvalue weighted by atomic mass is 10.2. The van der Waals surface area contributed by atoms with Crippen LogP contribution in [0.25, 0.3) is 17.2 Å². The molecule has 2 heterocycles. The van der Waals surface area contributed by atoms with Gasteiger partial charge < -0.3 is 0 Å². The highest BCUT2D eigenvalue weighted by molar-refractivity contribution is 6.33. The van der Waals surface area contributed by atoms with E-state index in [2.05, 4.69) is 15.2 Å². The first-order valence-electron chi connectivity index (χ1n) is 5.36. The topological polar surface area (TPSA) is 63.1 Å². The minimum absolute atomic E-state index is 0.179. The molecule has 2 aromatic heterocycles. The summed E-state index contributed by atoms with van der Waals surface area (Å²) in [6.45, 7) is 1.76. The zero-order valence-corrected chi connectivity index (χ0v) is 10.3. The number of H-pyrrole nitrogens is 1. The number of hydrogen-bond donors (Lipinski definition) is 1. The molecule has 6 heteroatoms. The SMILES string of the molecule is Cc1cc(=O)n2c(-c3ccccc3Cl)n[nH]c2n1. The summed E-state index contributed by atoms with van der Waals surface area (Å²) in [6, 6.07) is 8.69. The minimum Gasteiger partial charge on any atom is -0.269 e. The van der Waals surface area contributed by atoms with Gasteiger partial charge in [0.2, 0.25) is 5.78 Å². The molecule has 0 fully saturated rings. The van der Waals surface area contributed by atoms with Crippen LogP contribution in [0.3, 0.4) is 0 Å². The lowest BCUT2D eigenvalue weighted by molar-refractivity contribution is 1.03. The maximum absolute atomic E-state index is 12.0. The summed E-state index contributed by atoms with van der Waals surface area (Å²) in [4.78, 5) is 16.2. The molecule has 3 rings (SSSR count). The number of aryl methyl sites for hydroxylation is 1. The largest absolute Gasteiger partial charge is 0.269 e. The van der Waals surface area contributed by atoms with Crippen molar-refractivity contribution in [1.82, 2.24) is 19.6 Å². The van der Waals surface area contributed by atoms with Crippen LogP contribution in [0, 0.1) is 6.92 Å². The quantitative estimate of drug-likeness (QED) is 0.728. The standard InChI is InChI=1S/C12H9ClN4O/c1-7-6-10(18)17-11(15-16-12(17)14-7)8-4-2-3-5-9(8)13/h2-6H,1H3,(H,14,16). The summed E-state index contributed by atoms with van der Waals surface area (Å²) in [5.74, 6) is 0.878. The molecule has 0 aliphatic rings. The first kappa shape index (κ1) is 11.0. The van der Waals surface area contributed by atoms with Crippen LogP contribution in [-0.4, -0.2) is 19.6 Å². The van der Waals surface area contributed by atoms with Gasteiger partial charge in [0.15, 0.2) is 5.82 Å². The Hall–Kier alpha value is -2.14. The van der Waals surface area contributed by atoms with Crippen molar-refractivity contribution in [3.63, 3.8) is 0 Å². The fraction of sp³-hybridized carbons (Fsp3) is 0.0833. The van der Waals surface area contributed by atoms with Gasteiger partial charge in [-0.15, -0.1) is 0 Å². The van der Waals surface area contributed by atoms with Crippen LogP contribution < -0.4 is 5.56 Å². The highest BCUT2D eigenvalue weighted by Crippen LogP contribution is 2.25. The Kier molecular flexibility index (Phi) is 2.41. The Morgan fingerprint density at radius 2 is 2.11 bits per heavy atom. The number of aromatic nitrogens is 4. The Balaban J connectivity index is 2.39. The van der Waals surface area contributed by atoms with E-state index in [-0.39, 0.29) is 5.56 Å². The molecule has 0 unspecified atom stereocenters. The summed E-state index contributed by atoms with van der Waals surface area (Å²) < 4.78 is 1.41. The van der Waals surface area contributed by atoms with E-state index in [1.807, 2.05) is 18.2 Å². The average Bonchev–Trinajstić information content (AvgIpc) is 2.73. The van der Waals surface area contributed by atoms with E-state index in [0.29, 0.717) is 27.9 Å². The first-order valence-corrected chi connectivity index (χ1v) is 5.74. The fourth-order valence-corrected chi connectivity index (χ4v) is 2.07. The smallest absolute Gasteiger partial charge is 0.261 e. The van der Waals surface area contributed by atoms with E-state index >= 15 is 0 Å². The van der Waals surface area contributed by atoms with E-state index in [1.54, 1.807) is 13.0 Å². The molecule has 5 nitrogen and oxygen atoms in total. The average molecular weight is 261 g/mol. The molecule has 0 amide bonds. The Morgan fingerprint density at radius 1 is 1.33 bits per heavy atom.